The van der Waals surface area contributed by atoms with Gasteiger partial charge in [0.15, 0.2) is 0 Å². The third-order valence-electron chi connectivity index (χ3n) is 2.21. The van der Waals surface area contributed by atoms with Gasteiger partial charge in [-0.3, -0.25) is 0 Å². The molecule has 0 aliphatic carbocycles. The smallest absolute Gasteiger partial charge is 0.101 e. The molecule has 17 heavy (non-hydrogen) atoms. The Morgan fingerprint density at radius 3 is 2.82 bits per heavy atom. The predicted molar refractivity (Wildman–Crippen MR) is 69.2 cm³/mol. The molecule has 0 heterocycles. The fourth-order valence-electron chi connectivity index (χ4n) is 1.47. The normalized spacial score (nSPS) is 12.2. The molecule has 0 fully saturated rings. The fraction of sp³-hybridized carbons (Fsp3) is 0.417. The average molecular weight is 254 g/mol. The molecule has 2 N–H and O–H groups in total. The Balaban J connectivity index is 2.63. The van der Waals surface area contributed by atoms with Crippen LogP contribution < -0.4 is 5.32 Å². The molecule has 0 amide bonds. The zero-order chi connectivity index (χ0) is 12.8. The largest absolute Gasteiger partial charge is 0.390 e. The number of aliphatic hydroxyl groups excluding tert-OH is 1. The Morgan fingerprint density at radius 2 is 2.24 bits per heavy atom. The second-order valence-corrected chi connectivity index (χ2v) is 4.54. The number of anilines is 1. The molecule has 0 spiro atoms. The van der Waals surface area contributed by atoms with E-state index in [9.17, 15) is 5.11 Å². The van der Waals surface area contributed by atoms with Crippen molar-refractivity contribution in [2.24, 2.45) is 0 Å². The molecule has 4 nitrogen and oxygen atoms in total. The van der Waals surface area contributed by atoms with Crippen molar-refractivity contribution in [2.45, 2.75) is 6.10 Å². The lowest BCUT2D eigenvalue weighted by Crippen LogP contribution is -2.31. The van der Waals surface area contributed by atoms with Crippen LogP contribution in [0, 0.1) is 11.3 Å². The Kier molecular flexibility index (Phi) is 5.23. The van der Waals surface area contributed by atoms with E-state index in [1.165, 1.54) is 0 Å². The molecule has 0 saturated heterocycles. The van der Waals surface area contributed by atoms with Gasteiger partial charge >= 0.3 is 0 Å². The summed E-state index contributed by atoms with van der Waals surface area (Å²) in [5, 5.41) is 22.2. The number of rotatable bonds is 5. The first kappa shape index (κ1) is 13.8. The summed E-state index contributed by atoms with van der Waals surface area (Å²) in [5.41, 5.74) is 1.17. The number of likely N-dealkylation sites (N-methyl/N-ethyl adjacent to an activating group) is 1. The molecule has 1 rings (SSSR count). The van der Waals surface area contributed by atoms with Crippen molar-refractivity contribution >= 4 is 17.3 Å². The average Bonchev–Trinajstić information content (AvgIpc) is 2.25. The van der Waals surface area contributed by atoms with Crippen LogP contribution in [-0.2, 0) is 0 Å². The van der Waals surface area contributed by atoms with Gasteiger partial charge in [0.1, 0.15) is 6.07 Å². The van der Waals surface area contributed by atoms with Crippen LogP contribution in [0.3, 0.4) is 0 Å². The standard InChI is InChI=1S/C12H16ClN3O/c1-16(2)8-11(17)7-15-12-5-10(13)4-3-9(12)6-14/h3-5,11,15,17H,7-8H2,1-2H3. The van der Waals surface area contributed by atoms with Gasteiger partial charge in [0.2, 0.25) is 0 Å². The van der Waals surface area contributed by atoms with Gasteiger partial charge < -0.3 is 15.3 Å². The first-order valence-corrected chi connectivity index (χ1v) is 5.67. The highest BCUT2D eigenvalue weighted by atomic mass is 35.5. The number of hydrogen-bond donors (Lipinski definition) is 2. The van der Waals surface area contributed by atoms with Gasteiger partial charge in [-0.05, 0) is 32.3 Å². The molecule has 0 aliphatic heterocycles. The summed E-state index contributed by atoms with van der Waals surface area (Å²) in [6.45, 7) is 0.947. The summed E-state index contributed by atoms with van der Waals surface area (Å²) in [6, 6.07) is 7.08. The second kappa shape index (κ2) is 6.45. The van der Waals surface area contributed by atoms with E-state index in [4.69, 9.17) is 16.9 Å². The number of benzene rings is 1. The summed E-state index contributed by atoms with van der Waals surface area (Å²) in [7, 11) is 3.78. The first-order chi connectivity index (χ1) is 8.02. The maximum Gasteiger partial charge on any atom is 0.101 e. The molecule has 0 saturated carbocycles. The monoisotopic (exact) mass is 253 g/mol. The zero-order valence-electron chi connectivity index (χ0n) is 9.94. The van der Waals surface area contributed by atoms with Crippen molar-refractivity contribution in [1.29, 1.82) is 5.26 Å². The van der Waals surface area contributed by atoms with E-state index in [2.05, 4.69) is 11.4 Å². The maximum absolute atomic E-state index is 9.69. The minimum absolute atomic E-state index is 0.382. The Bertz CT molecular complexity index is 415. The highest BCUT2D eigenvalue weighted by Gasteiger charge is 2.07. The Labute approximate surface area is 106 Å². The van der Waals surface area contributed by atoms with E-state index in [1.807, 2.05) is 19.0 Å². The predicted octanol–water partition coefficient (Wildman–Crippen LogP) is 1.55. The van der Waals surface area contributed by atoms with E-state index < -0.39 is 6.10 Å². The lowest BCUT2D eigenvalue weighted by molar-refractivity contribution is 0.148. The van der Waals surface area contributed by atoms with Gasteiger partial charge in [-0.15, -0.1) is 0 Å². The van der Waals surface area contributed by atoms with Crippen LogP contribution >= 0.6 is 11.6 Å². The van der Waals surface area contributed by atoms with E-state index in [-0.39, 0.29) is 0 Å². The van der Waals surface area contributed by atoms with Gasteiger partial charge in [0, 0.05) is 18.1 Å². The molecule has 1 unspecified atom stereocenters. The number of nitriles is 1. The van der Waals surface area contributed by atoms with Crippen molar-refractivity contribution in [2.75, 3.05) is 32.5 Å². The van der Waals surface area contributed by atoms with Crippen LogP contribution in [0.15, 0.2) is 18.2 Å². The number of hydrogen-bond acceptors (Lipinski definition) is 4. The molecule has 0 aliphatic rings. The second-order valence-electron chi connectivity index (χ2n) is 4.10. The summed E-state index contributed by atoms with van der Waals surface area (Å²) >= 11 is 5.85. The van der Waals surface area contributed by atoms with Crippen molar-refractivity contribution in [3.63, 3.8) is 0 Å². The maximum atomic E-state index is 9.69. The lowest BCUT2D eigenvalue weighted by atomic mass is 10.2. The van der Waals surface area contributed by atoms with Gasteiger partial charge in [0.05, 0.1) is 17.4 Å². The minimum Gasteiger partial charge on any atom is -0.390 e. The van der Waals surface area contributed by atoms with E-state index >= 15 is 0 Å². The van der Waals surface area contributed by atoms with Gasteiger partial charge in [-0.2, -0.15) is 5.26 Å². The summed E-state index contributed by atoms with van der Waals surface area (Å²) in [5.74, 6) is 0. The van der Waals surface area contributed by atoms with Gasteiger partial charge in [0.25, 0.3) is 0 Å². The molecule has 5 heteroatoms. The highest BCUT2D eigenvalue weighted by Crippen LogP contribution is 2.20. The molecule has 92 valence electrons. The molecule has 1 aromatic rings. The Morgan fingerprint density at radius 1 is 1.53 bits per heavy atom. The quantitative estimate of drug-likeness (QED) is 0.836. The molecular weight excluding hydrogens is 238 g/mol. The van der Waals surface area contributed by atoms with Crippen LogP contribution in [0.25, 0.3) is 0 Å². The summed E-state index contributed by atoms with van der Waals surface area (Å²) < 4.78 is 0. The topological polar surface area (TPSA) is 59.3 Å². The lowest BCUT2D eigenvalue weighted by Gasteiger charge is -2.17. The van der Waals surface area contributed by atoms with Crippen molar-refractivity contribution in [3.8, 4) is 6.07 Å². The first-order valence-electron chi connectivity index (χ1n) is 5.29. The molecule has 0 radical (unpaired) electrons. The molecule has 0 aromatic heterocycles. The van der Waals surface area contributed by atoms with E-state index in [0.717, 1.165) is 0 Å². The third-order valence-corrected chi connectivity index (χ3v) is 2.44. The third kappa shape index (κ3) is 4.61. The SMILES string of the molecule is CN(C)CC(O)CNc1cc(Cl)ccc1C#N. The molecular formula is C12H16ClN3O. The molecule has 0 bridgehead atoms. The number of halogens is 1. The Hall–Kier alpha value is -1.28. The van der Waals surface area contributed by atoms with Crippen LogP contribution in [0.5, 0.6) is 0 Å². The van der Waals surface area contributed by atoms with Crippen molar-refractivity contribution < 1.29 is 5.11 Å². The van der Waals surface area contributed by atoms with Crippen molar-refractivity contribution in [1.82, 2.24) is 4.90 Å². The zero-order valence-corrected chi connectivity index (χ0v) is 10.7. The number of aliphatic hydroxyl groups is 1. The van der Waals surface area contributed by atoms with Crippen LogP contribution in [0.1, 0.15) is 5.56 Å². The van der Waals surface area contributed by atoms with E-state index in [1.54, 1.807) is 18.2 Å². The molecule has 1 atom stereocenters. The number of nitrogens with zero attached hydrogens (tertiary/aromatic N) is 2. The summed E-state index contributed by atoms with van der Waals surface area (Å²) in [4.78, 5) is 1.90. The van der Waals surface area contributed by atoms with Crippen LogP contribution in [0.4, 0.5) is 5.69 Å². The van der Waals surface area contributed by atoms with E-state index in [0.29, 0.717) is 29.4 Å². The molecule has 1 aromatic carbocycles. The van der Waals surface area contributed by atoms with Gasteiger partial charge in [-0.25, -0.2) is 0 Å². The van der Waals surface area contributed by atoms with Gasteiger partial charge in [-0.1, -0.05) is 11.6 Å². The number of nitrogens with one attached hydrogen (secondary N) is 1. The van der Waals surface area contributed by atoms with Crippen LogP contribution in [0.2, 0.25) is 5.02 Å². The van der Waals surface area contributed by atoms with Crippen molar-refractivity contribution in [3.05, 3.63) is 28.8 Å². The fourth-order valence-corrected chi connectivity index (χ4v) is 1.65. The highest BCUT2D eigenvalue weighted by molar-refractivity contribution is 6.30. The van der Waals surface area contributed by atoms with Crippen LogP contribution in [-0.4, -0.2) is 43.3 Å². The minimum atomic E-state index is -0.490. The summed E-state index contributed by atoms with van der Waals surface area (Å²) in [6.07, 6.45) is -0.490.